The van der Waals surface area contributed by atoms with Gasteiger partial charge in [-0.15, -0.1) is 0 Å². The van der Waals surface area contributed by atoms with Crippen LogP contribution in [0.5, 0.6) is 0 Å². The lowest BCUT2D eigenvalue weighted by Gasteiger charge is -2.27. The van der Waals surface area contributed by atoms with Crippen molar-refractivity contribution in [2.24, 2.45) is 23.1 Å². The molecule has 0 radical (unpaired) electrons. The van der Waals surface area contributed by atoms with Crippen LogP contribution in [-0.4, -0.2) is 17.8 Å². The topological polar surface area (TPSA) is 58.3 Å². The van der Waals surface area contributed by atoms with Crippen LogP contribution in [0.3, 0.4) is 0 Å². The fourth-order valence-electron chi connectivity index (χ4n) is 3.14. The number of hydrogen-bond acceptors (Lipinski definition) is 3. The molecule has 0 saturated heterocycles. The Morgan fingerprint density at radius 1 is 1.35 bits per heavy atom. The van der Waals surface area contributed by atoms with Crippen LogP contribution >= 0.6 is 0 Å². The highest BCUT2D eigenvalue weighted by molar-refractivity contribution is 4.81. The molecule has 4 N–H and O–H groups in total. The second-order valence-electron chi connectivity index (χ2n) is 6.44. The molecule has 3 nitrogen and oxygen atoms in total. The first-order valence-corrected chi connectivity index (χ1v) is 7.08. The van der Waals surface area contributed by atoms with Crippen LogP contribution in [0, 0.1) is 17.3 Å². The van der Waals surface area contributed by atoms with Crippen molar-refractivity contribution < 1.29 is 5.11 Å². The molecule has 4 unspecified atom stereocenters. The molecule has 1 rings (SSSR count). The van der Waals surface area contributed by atoms with Gasteiger partial charge in [0, 0.05) is 12.6 Å². The van der Waals surface area contributed by atoms with Gasteiger partial charge in [0.1, 0.15) is 0 Å². The summed E-state index contributed by atoms with van der Waals surface area (Å²) in [4.78, 5) is 0. The van der Waals surface area contributed by atoms with Crippen molar-refractivity contribution in [1.29, 1.82) is 0 Å². The Morgan fingerprint density at radius 2 is 2.06 bits per heavy atom. The molecule has 1 aliphatic rings. The summed E-state index contributed by atoms with van der Waals surface area (Å²) in [5, 5.41) is 9.46. The zero-order valence-corrected chi connectivity index (χ0v) is 11.7. The second-order valence-corrected chi connectivity index (χ2v) is 6.44. The lowest BCUT2D eigenvalue weighted by atomic mass is 9.81. The van der Waals surface area contributed by atoms with Crippen molar-refractivity contribution in [1.82, 2.24) is 5.43 Å². The van der Waals surface area contributed by atoms with Gasteiger partial charge in [-0.2, -0.15) is 0 Å². The number of hydrazine groups is 1. The van der Waals surface area contributed by atoms with E-state index < -0.39 is 0 Å². The van der Waals surface area contributed by atoms with E-state index in [1.54, 1.807) is 0 Å². The first-order valence-electron chi connectivity index (χ1n) is 7.08. The van der Waals surface area contributed by atoms with E-state index in [4.69, 9.17) is 5.84 Å². The first-order chi connectivity index (χ1) is 8.00. The van der Waals surface area contributed by atoms with Gasteiger partial charge in [-0.3, -0.25) is 11.3 Å². The summed E-state index contributed by atoms with van der Waals surface area (Å²) >= 11 is 0. The average Bonchev–Trinajstić information content (AvgIpc) is 2.52. The lowest BCUT2D eigenvalue weighted by Crippen LogP contribution is -2.34. The maximum atomic E-state index is 9.46. The zero-order valence-electron chi connectivity index (χ0n) is 11.7. The normalized spacial score (nSPS) is 34.1. The third kappa shape index (κ3) is 4.57. The van der Waals surface area contributed by atoms with Gasteiger partial charge < -0.3 is 5.11 Å². The minimum Gasteiger partial charge on any atom is -0.396 e. The van der Waals surface area contributed by atoms with Gasteiger partial charge in [-0.05, 0) is 49.9 Å². The molecular formula is C14H30N2O. The summed E-state index contributed by atoms with van der Waals surface area (Å²) < 4.78 is 0. The van der Waals surface area contributed by atoms with Crippen LogP contribution in [-0.2, 0) is 0 Å². The van der Waals surface area contributed by atoms with E-state index in [2.05, 4.69) is 26.2 Å². The number of hydrogen-bond donors (Lipinski definition) is 3. The Balaban J connectivity index is 2.45. The molecule has 0 heterocycles. The van der Waals surface area contributed by atoms with Crippen LogP contribution < -0.4 is 11.3 Å². The Kier molecular flexibility index (Phi) is 5.90. The molecule has 0 amide bonds. The average molecular weight is 242 g/mol. The van der Waals surface area contributed by atoms with Crippen molar-refractivity contribution in [2.45, 2.75) is 65.3 Å². The highest BCUT2D eigenvalue weighted by atomic mass is 16.3. The third-order valence-corrected chi connectivity index (χ3v) is 4.67. The largest absolute Gasteiger partial charge is 0.396 e. The Bertz CT molecular complexity index is 222. The SMILES string of the molecule is CC(CC(C)C1CCCC(C)(CO)CC1)NN. The molecule has 1 aliphatic carbocycles. The maximum Gasteiger partial charge on any atom is 0.0484 e. The minimum atomic E-state index is 0.173. The van der Waals surface area contributed by atoms with Crippen molar-refractivity contribution in [3.63, 3.8) is 0 Å². The molecule has 17 heavy (non-hydrogen) atoms. The first kappa shape index (κ1) is 14.9. The molecule has 0 aromatic heterocycles. The molecule has 1 fully saturated rings. The predicted molar refractivity (Wildman–Crippen MR) is 72.3 cm³/mol. The van der Waals surface area contributed by atoms with Crippen molar-refractivity contribution >= 4 is 0 Å². The van der Waals surface area contributed by atoms with E-state index in [0.29, 0.717) is 12.6 Å². The monoisotopic (exact) mass is 242 g/mol. The smallest absolute Gasteiger partial charge is 0.0484 e. The Morgan fingerprint density at radius 3 is 2.65 bits per heavy atom. The van der Waals surface area contributed by atoms with E-state index in [1.165, 1.54) is 32.1 Å². The van der Waals surface area contributed by atoms with Gasteiger partial charge in [0.15, 0.2) is 0 Å². The summed E-state index contributed by atoms with van der Waals surface area (Å²) in [7, 11) is 0. The number of aliphatic hydroxyl groups is 1. The van der Waals surface area contributed by atoms with Crippen LogP contribution in [0.4, 0.5) is 0 Å². The fourth-order valence-corrected chi connectivity index (χ4v) is 3.14. The minimum absolute atomic E-state index is 0.173. The molecular weight excluding hydrogens is 212 g/mol. The highest BCUT2D eigenvalue weighted by Gasteiger charge is 2.30. The zero-order chi connectivity index (χ0) is 12.9. The summed E-state index contributed by atoms with van der Waals surface area (Å²) in [6.07, 6.45) is 7.33. The highest BCUT2D eigenvalue weighted by Crippen LogP contribution is 2.39. The van der Waals surface area contributed by atoms with E-state index in [1.807, 2.05) is 0 Å². The van der Waals surface area contributed by atoms with Gasteiger partial charge >= 0.3 is 0 Å². The number of aliphatic hydroxyl groups excluding tert-OH is 1. The number of nitrogens with two attached hydrogens (primary N) is 1. The van der Waals surface area contributed by atoms with Crippen molar-refractivity contribution in [3.8, 4) is 0 Å². The van der Waals surface area contributed by atoms with Crippen LogP contribution in [0.15, 0.2) is 0 Å². The quantitative estimate of drug-likeness (QED) is 0.394. The maximum absolute atomic E-state index is 9.46. The van der Waals surface area contributed by atoms with Gasteiger partial charge in [-0.25, -0.2) is 0 Å². The predicted octanol–water partition coefficient (Wildman–Crippen LogP) is 2.44. The van der Waals surface area contributed by atoms with Crippen LogP contribution in [0.1, 0.15) is 59.3 Å². The molecule has 0 spiro atoms. The standard InChI is InChI=1S/C14H30N2O/c1-11(9-12(2)16-15)13-5-4-7-14(3,10-17)8-6-13/h11-13,16-17H,4-10,15H2,1-3H3. The summed E-state index contributed by atoms with van der Waals surface area (Å²) in [6, 6.07) is 0.400. The van der Waals surface area contributed by atoms with E-state index in [9.17, 15) is 5.11 Å². The molecule has 0 bridgehead atoms. The second kappa shape index (κ2) is 6.72. The fraction of sp³-hybridized carbons (Fsp3) is 1.00. The van der Waals surface area contributed by atoms with Gasteiger partial charge in [0.2, 0.25) is 0 Å². The van der Waals surface area contributed by atoms with Crippen molar-refractivity contribution in [2.75, 3.05) is 6.61 Å². The van der Waals surface area contributed by atoms with Gasteiger partial charge in [0.25, 0.3) is 0 Å². The molecule has 4 atom stereocenters. The van der Waals surface area contributed by atoms with Crippen LogP contribution in [0.25, 0.3) is 0 Å². The number of rotatable bonds is 5. The van der Waals surface area contributed by atoms with E-state index in [0.717, 1.165) is 18.3 Å². The molecule has 0 aromatic carbocycles. The molecule has 0 aromatic rings. The Hall–Kier alpha value is -0.120. The van der Waals surface area contributed by atoms with E-state index in [-0.39, 0.29) is 5.41 Å². The lowest BCUT2D eigenvalue weighted by molar-refractivity contribution is 0.122. The summed E-state index contributed by atoms with van der Waals surface area (Å²) in [6.45, 7) is 7.06. The summed E-state index contributed by atoms with van der Waals surface area (Å²) in [5.74, 6) is 6.99. The van der Waals surface area contributed by atoms with Crippen LogP contribution in [0.2, 0.25) is 0 Å². The Labute approximate surface area is 106 Å². The molecule has 3 heteroatoms. The van der Waals surface area contributed by atoms with Crippen molar-refractivity contribution in [3.05, 3.63) is 0 Å². The molecule has 0 aliphatic heterocycles. The third-order valence-electron chi connectivity index (χ3n) is 4.67. The van der Waals surface area contributed by atoms with Gasteiger partial charge in [0.05, 0.1) is 0 Å². The van der Waals surface area contributed by atoms with E-state index >= 15 is 0 Å². The number of nitrogens with one attached hydrogen (secondary N) is 1. The molecule has 102 valence electrons. The summed E-state index contributed by atoms with van der Waals surface area (Å²) in [5.41, 5.74) is 3.01. The molecule has 1 saturated carbocycles. The van der Waals surface area contributed by atoms with Gasteiger partial charge in [-0.1, -0.05) is 26.7 Å².